The van der Waals surface area contributed by atoms with Gasteiger partial charge in [0.05, 0.1) is 0 Å². The van der Waals surface area contributed by atoms with Gasteiger partial charge in [0.2, 0.25) is 5.91 Å². The Labute approximate surface area is 125 Å². The predicted molar refractivity (Wildman–Crippen MR) is 85.5 cm³/mol. The van der Waals surface area contributed by atoms with Crippen LogP contribution in [-0.2, 0) is 4.79 Å². The first-order valence-electron chi connectivity index (χ1n) is 7.19. The van der Waals surface area contributed by atoms with E-state index in [-0.39, 0.29) is 5.91 Å². The lowest BCUT2D eigenvalue weighted by atomic mass is 10.1. The summed E-state index contributed by atoms with van der Waals surface area (Å²) in [4.78, 5) is 11.8. The number of unbranched alkanes of at least 4 members (excludes halogenated alkanes) is 5. The standard InChI is InChI=1S/C16H24BrNO/c1-3-4-5-6-7-8-9-16(19)18-14-11-10-13(2)15(17)12-14/h10-12H,3-9H2,1-2H3,(H,18,19). The number of carbonyl (C=O) groups is 1. The first-order valence-corrected chi connectivity index (χ1v) is 7.98. The van der Waals surface area contributed by atoms with Gasteiger partial charge in [-0.05, 0) is 31.0 Å². The third-order valence-electron chi connectivity index (χ3n) is 3.21. The number of hydrogen-bond acceptors (Lipinski definition) is 1. The van der Waals surface area contributed by atoms with E-state index in [1.807, 2.05) is 25.1 Å². The van der Waals surface area contributed by atoms with Crippen molar-refractivity contribution in [2.45, 2.75) is 58.8 Å². The molecule has 1 rings (SSSR count). The van der Waals surface area contributed by atoms with E-state index in [0.717, 1.165) is 23.0 Å². The van der Waals surface area contributed by atoms with E-state index < -0.39 is 0 Å². The Balaban J connectivity index is 2.21. The van der Waals surface area contributed by atoms with Crippen LogP contribution in [-0.4, -0.2) is 5.91 Å². The van der Waals surface area contributed by atoms with Crippen LogP contribution in [0.5, 0.6) is 0 Å². The molecule has 0 bridgehead atoms. The van der Waals surface area contributed by atoms with Crippen LogP contribution in [0.25, 0.3) is 0 Å². The molecule has 1 aromatic carbocycles. The maximum Gasteiger partial charge on any atom is 0.224 e. The number of halogens is 1. The molecule has 0 atom stereocenters. The molecule has 0 aliphatic carbocycles. The highest BCUT2D eigenvalue weighted by molar-refractivity contribution is 9.10. The van der Waals surface area contributed by atoms with Crippen molar-refractivity contribution >= 4 is 27.5 Å². The number of nitrogens with one attached hydrogen (secondary N) is 1. The smallest absolute Gasteiger partial charge is 0.224 e. The average molecular weight is 326 g/mol. The molecule has 0 spiro atoms. The minimum atomic E-state index is 0.117. The second-order valence-electron chi connectivity index (χ2n) is 5.03. The molecule has 1 aromatic rings. The van der Waals surface area contributed by atoms with Crippen molar-refractivity contribution in [2.75, 3.05) is 5.32 Å². The van der Waals surface area contributed by atoms with Crippen LogP contribution >= 0.6 is 15.9 Å². The predicted octanol–water partition coefficient (Wildman–Crippen LogP) is 5.45. The van der Waals surface area contributed by atoms with Crippen LogP contribution in [0.1, 0.15) is 57.4 Å². The van der Waals surface area contributed by atoms with Crippen molar-refractivity contribution in [2.24, 2.45) is 0 Å². The maximum atomic E-state index is 11.8. The Kier molecular flexibility index (Phi) is 7.80. The van der Waals surface area contributed by atoms with Crippen LogP contribution in [0.15, 0.2) is 22.7 Å². The number of rotatable bonds is 8. The third-order valence-corrected chi connectivity index (χ3v) is 4.07. The molecule has 1 amide bonds. The van der Waals surface area contributed by atoms with E-state index in [1.165, 1.54) is 31.2 Å². The molecule has 106 valence electrons. The third kappa shape index (κ3) is 6.76. The van der Waals surface area contributed by atoms with Gasteiger partial charge in [-0.2, -0.15) is 0 Å². The summed E-state index contributed by atoms with van der Waals surface area (Å²) in [6.07, 6.45) is 7.89. The number of hydrogen-bond donors (Lipinski definition) is 1. The summed E-state index contributed by atoms with van der Waals surface area (Å²) >= 11 is 3.47. The summed E-state index contributed by atoms with van der Waals surface area (Å²) in [5, 5.41) is 2.94. The molecule has 0 fully saturated rings. The topological polar surface area (TPSA) is 29.1 Å². The van der Waals surface area contributed by atoms with E-state index in [4.69, 9.17) is 0 Å². The van der Waals surface area contributed by atoms with E-state index in [2.05, 4.69) is 28.2 Å². The van der Waals surface area contributed by atoms with Crippen molar-refractivity contribution in [1.82, 2.24) is 0 Å². The van der Waals surface area contributed by atoms with Crippen LogP contribution in [0.3, 0.4) is 0 Å². The number of benzene rings is 1. The van der Waals surface area contributed by atoms with E-state index in [0.29, 0.717) is 6.42 Å². The van der Waals surface area contributed by atoms with Crippen molar-refractivity contribution < 1.29 is 4.79 Å². The SMILES string of the molecule is CCCCCCCCC(=O)Nc1ccc(C)c(Br)c1. The zero-order valence-corrected chi connectivity index (χ0v) is 13.6. The van der Waals surface area contributed by atoms with Gasteiger partial charge >= 0.3 is 0 Å². The Hall–Kier alpha value is -0.830. The number of aryl methyl sites for hydroxylation is 1. The lowest BCUT2D eigenvalue weighted by Gasteiger charge is -2.07. The Morgan fingerprint density at radius 3 is 2.53 bits per heavy atom. The molecule has 0 unspecified atom stereocenters. The van der Waals surface area contributed by atoms with Gasteiger partial charge in [-0.15, -0.1) is 0 Å². The van der Waals surface area contributed by atoms with E-state index in [1.54, 1.807) is 0 Å². The van der Waals surface area contributed by atoms with Crippen molar-refractivity contribution in [3.8, 4) is 0 Å². The summed E-state index contributed by atoms with van der Waals surface area (Å²) in [6.45, 7) is 4.25. The fraction of sp³-hybridized carbons (Fsp3) is 0.562. The molecule has 0 aromatic heterocycles. The maximum absolute atomic E-state index is 11.8. The zero-order valence-electron chi connectivity index (χ0n) is 12.0. The number of amides is 1. The summed E-state index contributed by atoms with van der Waals surface area (Å²) in [5.74, 6) is 0.117. The van der Waals surface area contributed by atoms with E-state index in [9.17, 15) is 4.79 Å². The van der Waals surface area contributed by atoms with Gasteiger partial charge < -0.3 is 5.32 Å². The molecule has 2 nitrogen and oxygen atoms in total. The first-order chi connectivity index (χ1) is 9.13. The highest BCUT2D eigenvalue weighted by Gasteiger charge is 2.03. The number of anilines is 1. The van der Waals surface area contributed by atoms with Gasteiger partial charge in [0.15, 0.2) is 0 Å². The quantitative estimate of drug-likeness (QED) is 0.633. The van der Waals surface area contributed by atoms with Gasteiger partial charge in [0.1, 0.15) is 0 Å². The second-order valence-corrected chi connectivity index (χ2v) is 5.88. The molecule has 0 aliphatic heterocycles. The minimum Gasteiger partial charge on any atom is -0.326 e. The Morgan fingerprint density at radius 2 is 1.84 bits per heavy atom. The highest BCUT2D eigenvalue weighted by Crippen LogP contribution is 2.20. The van der Waals surface area contributed by atoms with Gasteiger partial charge in [0, 0.05) is 16.6 Å². The zero-order chi connectivity index (χ0) is 14.1. The molecule has 0 saturated carbocycles. The summed E-state index contributed by atoms with van der Waals surface area (Å²) in [5.41, 5.74) is 2.04. The summed E-state index contributed by atoms with van der Waals surface area (Å²) in [7, 11) is 0. The fourth-order valence-corrected chi connectivity index (χ4v) is 2.34. The van der Waals surface area contributed by atoms with Crippen molar-refractivity contribution in [3.05, 3.63) is 28.2 Å². The Morgan fingerprint density at radius 1 is 1.16 bits per heavy atom. The average Bonchev–Trinajstić information content (AvgIpc) is 2.38. The number of carbonyl (C=O) groups excluding carboxylic acids is 1. The van der Waals surface area contributed by atoms with Crippen LogP contribution in [0.4, 0.5) is 5.69 Å². The minimum absolute atomic E-state index is 0.117. The van der Waals surface area contributed by atoms with Crippen LogP contribution < -0.4 is 5.32 Å². The van der Waals surface area contributed by atoms with E-state index >= 15 is 0 Å². The normalized spacial score (nSPS) is 10.5. The fourth-order valence-electron chi connectivity index (χ4n) is 1.96. The van der Waals surface area contributed by atoms with Crippen LogP contribution in [0.2, 0.25) is 0 Å². The molecule has 0 saturated heterocycles. The molecular formula is C16H24BrNO. The van der Waals surface area contributed by atoms with Gasteiger partial charge in [-0.3, -0.25) is 4.79 Å². The molecule has 3 heteroatoms. The molecule has 19 heavy (non-hydrogen) atoms. The lowest BCUT2D eigenvalue weighted by Crippen LogP contribution is -2.11. The molecule has 1 N–H and O–H groups in total. The first kappa shape index (κ1) is 16.2. The van der Waals surface area contributed by atoms with Crippen molar-refractivity contribution in [1.29, 1.82) is 0 Å². The second kappa shape index (κ2) is 9.13. The molecular weight excluding hydrogens is 302 g/mol. The molecule has 0 heterocycles. The van der Waals surface area contributed by atoms with Gasteiger partial charge in [-0.1, -0.05) is 61.0 Å². The molecule has 0 radical (unpaired) electrons. The van der Waals surface area contributed by atoms with Gasteiger partial charge in [0.25, 0.3) is 0 Å². The highest BCUT2D eigenvalue weighted by atomic mass is 79.9. The summed E-state index contributed by atoms with van der Waals surface area (Å²) in [6, 6.07) is 5.90. The van der Waals surface area contributed by atoms with Crippen molar-refractivity contribution in [3.63, 3.8) is 0 Å². The van der Waals surface area contributed by atoms with Gasteiger partial charge in [-0.25, -0.2) is 0 Å². The van der Waals surface area contributed by atoms with Crippen LogP contribution in [0, 0.1) is 6.92 Å². The monoisotopic (exact) mass is 325 g/mol. The largest absolute Gasteiger partial charge is 0.326 e. The Bertz CT molecular complexity index is 404. The molecule has 0 aliphatic rings. The summed E-state index contributed by atoms with van der Waals surface area (Å²) < 4.78 is 1.03. The lowest BCUT2D eigenvalue weighted by molar-refractivity contribution is -0.116.